The van der Waals surface area contributed by atoms with E-state index in [1.54, 1.807) is 11.8 Å². The zero-order chi connectivity index (χ0) is 8.27. The highest BCUT2D eigenvalue weighted by Gasteiger charge is 2.19. The molecule has 1 unspecified atom stereocenters. The normalized spacial score (nSPS) is 20.0. The number of ether oxygens (including phenoxy) is 1. The third kappa shape index (κ3) is 2.58. The molecular weight excluding hydrogens is 166 g/mol. The molecule has 1 aliphatic rings. The zero-order valence-electron chi connectivity index (χ0n) is 6.55. The summed E-state index contributed by atoms with van der Waals surface area (Å²) in [6.07, 6.45) is 1.86. The molecule has 0 N–H and O–H groups in total. The van der Waals surface area contributed by atoms with Crippen molar-refractivity contribution in [1.29, 1.82) is 0 Å². The lowest BCUT2D eigenvalue weighted by Crippen LogP contribution is -2.29. The maximum Gasteiger partial charge on any atom is 0.411 e. The molecule has 0 radical (unpaired) electrons. The van der Waals surface area contributed by atoms with Gasteiger partial charge in [-0.2, -0.15) is 0 Å². The molecule has 0 aromatic rings. The van der Waals surface area contributed by atoms with E-state index < -0.39 is 5.56 Å². The molecule has 0 bridgehead atoms. The molecule has 1 amide bonds. The van der Waals surface area contributed by atoms with E-state index in [2.05, 4.69) is 0 Å². The van der Waals surface area contributed by atoms with Crippen molar-refractivity contribution in [2.75, 3.05) is 13.1 Å². The number of halogens is 1. The molecule has 1 rings (SSSR count). The van der Waals surface area contributed by atoms with E-state index in [4.69, 9.17) is 16.3 Å². The average Bonchev–Trinajstić information content (AvgIpc) is 2.35. The van der Waals surface area contributed by atoms with Gasteiger partial charge in [0.1, 0.15) is 0 Å². The van der Waals surface area contributed by atoms with Gasteiger partial charge in [-0.1, -0.05) is 11.6 Å². The first-order chi connectivity index (χ1) is 5.20. The summed E-state index contributed by atoms with van der Waals surface area (Å²) in [6.45, 7) is 3.25. The summed E-state index contributed by atoms with van der Waals surface area (Å²) < 4.78 is 4.79. The Bertz CT molecular complexity index is 143. The second kappa shape index (κ2) is 3.81. The number of carbonyl (C=O) groups excluding carboxylic acids is 1. The molecule has 1 aliphatic heterocycles. The van der Waals surface area contributed by atoms with Crippen molar-refractivity contribution in [3.8, 4) is 0 Å². The van der Waals surface area contributed by atoms with Crippen molar-refractivity contribution in [3.63, 3.8) is 0 Å². The maximum absolute atomic E-state index is 11.1. The number of alkyl halides is 1. The van der Waals surface area contributed by atoms with Gasteiger partial charge in [0.2, 0.25) is 0 Å². The van der Waals surface area contributed by atoms with Crippen LogP contribution in [0.5, 0.6) is 0 Å². The lowest BCUT2D eigenvalue weighted by atomic mass is 10.4. The van der Waals surface area contributed by atoms with Gasteiger partial charge in [0.25, 0.3) is 0 Å². The van der Waals surface area contributed by atoms with Gasteiger partial charge < -0.3 is 9.64 Å². The van der Waals surface area contributed by atoms with Crippen LogP contribution < -0.4 is 0 Å². The van der Waals surface area contributed by atoms with Crippen molar-refractivity contribution in [2.45, 2.75) is 25.3 Å². The van der Waals surface area contributed by atoms with Gasteiger partial charge in [-0.3, -0.25) is 0 Å². The Hall–Kier alpha value is -0.440. The molecule has 4 heteroatoms. The fraction of sp³-hybridized carbons (Fsp3) is 0.857. The fourth-order valence-electron chi connectivity index (χ4n) is 1.11. The molecule has 1 fully saturated rings. The fourth-order valence-corrected chi connectivity index (χ4v) is 1.19. The summed E-state index contributed by atoms with van der Waals surface area (Å²) >= 11 is 5.48. The van der Waals surface area contributed by atoms with Gasteiger partial charge >= 0.3 is 6.09 Å². The summed E-state index contributed by atoms with van der Waals surface area (Å²) in [5.74, 6) is 0. The summed E-state index contributed by atoms with van der Waals surface area (Å²) in [7, 11) is 0. The van der Waals surface area contributed by atoms with Gasteiger partial charge in [-0.25, -0.2) is 4.79 Å². The Kier molecular flexibility index (Phi) is 3.00. The third-order valence-electron chi connectivity index (χ3n) is 1.63. The standard InChI is InChI=1S/C7H12ClNO2/c1-6(8)11-7(10)9-4-2-3-5-9/h6H,2-5H2,1H3. The van der Waals surface area contributed by atoms with Crippen LogP contribution in [0.4, 0.5) is 4.79 Å². The lowest BCUT2D eigenvalue weighted by Gasteiger charge is -2.15. The van der Waals surface area contributed by atoms with Crippen LogP contribution in [0.2, 0.25) is 0 Å². The van der Waals surface area contributed by atoms with E-state index in [9.17, 15) is 4.79 Å². The minimum absolute atomic E-state index is 0.287. The first-order valence-corrected chi connectivity index (χ1v) is 4.23. The largest absolute Gasteiger partial charge is 0.430 e. The first-order valence-electron chi connectivity index (χ1n) is 3.80. The Balaban J connectivity index is 2.28. The van der Waals surface area contributed by atoms with Crippen LogP contribution in [0.15, 0.2) is 0 Å². The highest BCUT2D eigenvalue weighted by Crippen LogP contribution is 2.10. The van der Waals surface area contributed by atoms with Gasteiger partial charge in [0.05, 0.1) is 0 Å². The van der Waals surface area contributed by atoms with E-state index in [0.29, 0.717) is 0 Å². The van der Waals surface area contributed by atoms with Crippen LogP contribution in [0.3, 0.4) is 0 Å². The molecule has 11 heavy (non-hydrogen) atoms. The second-order valence-electron chi connectivity index (χ2n) is 2.62. The van der Waals surface area contributed by atoms with Crippen LogP contribution in [0.1, 0.15) is 19.8 Å². The van der Waals surface area contributed by atoms with E-state index in [1.807, 2.05) is 0 Å². The minimum atomic E-state index is -0.525. The van der Waals surface area contributed by atoms with Crippen molar-refractivity contribution in [1.82, 2.24) is 4.90 Å². The minimum Gasteiger partial charge on any atom is -0.430 e. The maximum atomic E-state index is 11.1. The number of nitrogens with zero attached hydrogens (tertiary/aromatic N) is 1. The first kappa shape index (κ1) is 8.65. The number of amides is 1. The third-order valence-corrected chi connectivity index (χ3v) is 1.72. The van der Waals surface area contributed by atoms with Crippen LogP contribution in [-0.2, 0) is 4.74 Å². The van der Waals surface area contributed by atoms with Gasteiger partial charge in [-0.15, -0.1) is 0 Å². The smallest absolute Gasteiger partial charge is 0.411 e. The van der Waals surface area contributed by atoms with Crippen molar-refractivity contribution in [2.24, 2.45) is 0 Å². The van der Waals surface area contributed by atoms with E-state index >= 15 is 0 Å². The summed E-state index contributed by atoms with van der Waals surface area (Å²) in [6, 6.07) is 0. The van der Waals surface area contributed by atoms with Crippen molar-refractivity contribution >= 4 is 17.7 Å². The average molecular weight is 178 g/mol. The van der Waals surface area contributed by atoms with Crippen molar-refractivity contribution in [3.05, 3.63) is 0 Å². The number of carbonyl (C=O) groups is 1. The molecule has 0 spiro atoms. The number of likely N-dealkylation sites (tertiary alicyclic amines) is 1. The van der Waals surface area contributed by atoms with Gasteiger partial charge in [0, 0.05) is 13.1 Å². The van der Waals surface area contributed by atoms with E-state index in [1.165, 1.54) is 0 Å². The van der Waals surface area contributed by atoms with E-state index in [-0.39, 0.29) is 6.09 Å². The molecule has 64 valence electrons. The molecule has 1 saturated heterocycles. The van der Waals surface area contributed by atoms with Crippen LogP contribution in [0.25, 0.3) is 0 Å². The number of hydrogen-bond acceptors (Lipinski definition) is 2. The monoisotopic (exact) mass is 177 g/mol. The highest BCUT2D eigenvalue weighted by molar-refractivity contribution is 6.19. The topological polar surface area (TPSA) is 29.5 Å². The van der Waals surface area contributed by atoms with Gasteiger partial charge in [-0.05, 0) is 19.8 Å². The summed E-state index contributed by atoms with van der Waals surface area (Å²) in [4.78, 5) is 12.8. The Morgan fingerprint density at radius 1 is 1.55 bits per heavy atom. The predicted molar refractivity (Wildman–Crippen MR) is 42.6 cm³/mol. The highest BCUT2D eigenvalue weighted by atomic mass is 35.5. The Labute approximate surface area is 71.3 Å². The molecule has 0 aliphatic carbocycles. The summed E-state index contributed by atoms with van der Waals surface area (Å²) in [5.41, 5.74) is -0.525. The molecule has 1 atom stereocenters. The molecular formula is C7H12ClNO2. The number of rotatable bonds is 1. The molecule has 0 saturated carbocycles. The predicted octanol–water partition coefficient (Wildman–Crippen LogP) is 1.80. The van der Waals surface area contributed by atoms with Crippen LogP contribution >= 0.6 is 11.6 Å². The lowest BCUT2D eigenvalue weighted by molar-refractivity contribution is 0.104. The zero-order valence-corrected chi connectivity index (χ0v) is 7.30. The molecule has 1 heterocycles. The molecule has 0 aromatic carbocycles. The van der Waals surface area contributed by atoms with Crippen molar-refractivity contribution < 1.29 is 9.53 Å². The molecule has 3 nitrogen and oxygen atoms in total. The Morgan fingerprint density at radius 3 is 2.55 bits per heavy atom. The second-order valence-corrected chi connectivity index (χ2v) is 3.24. The van der Waals surface area contributed by atoms with Gasteiger partial charge in [0.15, 0.2) is 5.56 Å². The van der Waals surface area contributed by atoms with Crippen LogP contribution in [0, 0.1) is 0 Å². The SMILES string of the molecule is CC(Cl)OC(=O)N1CCCC1. The van der Waals surface area contributed by atoms with Crippen LogP contribution in [-0.4, -0.2) is 29.6 Å². The number of hydrogen-bond donors (Lipinski definition) is 0. The quantitative estimate of drug-likeness (QED) is 0.572. The van der Waals surface area contributed by atoms with E-state index in [0.717, 1.165) is 25.9 Å². The Morgan fingerprint density at radius 2 is 2.09 bits per heavy atom. The molecule has 0 aromatic heterocycles. The summed E-state index contributed by atoms with van der Waals surface area (Å²) in [5, 5.41) is 0.